The molecule has 1 aliphatic heterocycles. The maximum atomic E-state index is 6.14. The van der Waals surface area contributed by atoms with Crippen molar-refractivity contribution in [2.45, 2.75) is 45.6 Å². The highest BCUT2D eigenvalue weighted by Crippen LogP contribution is 2.33. The van der Waals surface area contributed by atoms with E-state index < -0.39 is 0 Å². The van der Waals surface area contributed by atoms with Gasteiger partial charge in [-0.1, -0.05) is 25.4 Å². The summed E-state index contributed by atoms with van der Waals surface area (Å²) in [6, 6.07) is 4.67. The quantitative estimate of drug-likeness (QED) is 0.796. The lowest BCUT2D eigenvalue weighted by Crippen LogP contribution is -2.23. The summed E-state index contributed by atoms with van der Waals surface area (Å²) in [5.74, 6) is 1.09. The van der Waals surface area contributed by atoms with Gasteiger partial charge in [0.15, 0.2) is 0 Å². The number of ether oxygens (including phenoxy) is 1. The molecule has 0 aromatic heterocycles. The molecule has 0 bridgehead atoms. The maximum absolute atomic E-state index is 6.14. The van der Waals surface area contributed by atoms with Crippen LogP contribution in [0.4, 0.5) is 0 Å². The minimum Gasteiger partial charge on any atom is -0.493 e. The number of nitrogens with one attached hydrogen (secondary N) is 1. The Morgan fingerprint density at radius 3 is 2.94 bits per heavy atom. The molecule has 18 heavy (non-hydrogen) atoms. The molecule has 1 N–H and O–H groups in total. The third kappa shape index (κ3) is 3.63. The number of rotatable bonds is 6. The maximum Gasteiger partial charge on any atom is 0.125 e. The zero-order chi connectivity index (χ0) is 13.0. The third-order valence-corrected chi connectivity index (χ3v) is 3.47. The average Bonchev–Trinajstić information content (AvgIpc) is 2.75. The van der Waals surface area contributed by atoms with E-state index in [9.17, 15) is 0 Å². The number of hydrogen-bond donors (Lipinski definition) is 1. The summed E-state index contributed by atoms with van der Waals surface area (Å²) in [4.78, 5) is 0. The van der Waals surface area contributed by atoms with Crippen LogP contribution in [0.1, 0.15) is 37.8 Å². The van der Waals surface area contributed by atoms with E-state index in [0.29, 0.717) is 6.04 Å². The van der Waals surface area contributed by atoms with Crippen LogP contribution >= 0.6 is 11.6 Å². The molecule has 0 saturated heterocycles. The fraction of sp³-hybridized carbons (Fsp3) is 0.600. The molecule has 1 aromatic rings. The van der Waals surface area contributed by atoms with Gasteiger partial charge in [-0.2, -0.15) is 0 Å². The first-order valence-corrected chi connectivity index (χ1v) is 7.22. The summed E-state index contributed by atoms with van der Waals surface area (Å²) < 4.78 is 5.71. The lowest BCUT2D eigenvalue weighted by Gasteiger charge is -2.10. The van der Waals surface area contributed by atoms with E-state index in [0.717, 1.165) is 36.8 Å². The van der Waals surface area contributed by atoms with E-state index >= 15 is 0 Å². The van der Waals surface area contributed by atoms with Crippen molar-refractivity contribution in [1.82, 2.24) is 5.32 Å². The Morgan fingerprint density at radius 2 is 2.17 bits per heavy atom. The Bertz CT molecular complexity index is 404. The van der Waals surface area contributed by atoms with Crippen molar-refractivity contribution < 1.29 is 4.74 Å². The van der Waals surface area contributed by atoms with Crippen LogP contribution in [0.5, 0.6) is 5.75 Å². The molecule has 0 radical (unpaired) electrons. The van der Waals surface area contributed by atoms with Crippen LogP contribution < -0.4 is 10.1 Å². The Balaban J connectivity index is 1.86. The van der Waals surface area contributed by atoms with Gasteiger partial charge in [0.1, 0.15) is 5.75 Å². The van der Waals surface area contributed by atoms with Crippen molar-refractivity contribution in [3.63, 3.8) is 0 Å². The highest BCUT2D eigenvalue weighted by Gasteiger charge is 2.17. The minimum absolute atomic E-state index is 0.573. The minimum atomic E-state index is 0.573. The Labute approximate surface area is 115 Å². The SMILES string of the molecule is CC(C)NCCCCc1cc(Cl)cc2c1OCC2. The van der Waals surface area contributed by atoms with E-state index in [2.05, 4.69) is 25.2 Å². The first-order valence-electron chi connectivity index (χ1n) is 6.84. The second-order valence-electron chi connectivity index (χ2n) is 5.22. The standard InChI is InChI=1S/C15H22ClNO/c1-11(2)17-7-4-3-5-12-9-14(16)10-13-6-8-18-15(12)13/h9-11,17H,3-8H2,1-2H3. The fourth-order valence-electron chi connectivity index (χ4n) is 2.36. The molecule has 0 amide bonds. The van der Waals surface area contributed by atoms with Crippen LogP contribution in [0.25, 0.3) is 0 Å². The molecule has 1 aliphatic rings. The van der Waals surface area contributed by atoms with Crippen LogP contribution in [-0.2, 0) is 12.8 Å². The predicted molar refractivity (Wildman–Crippen MR) is 76.7 cm³/mol. The van der Waals surface area contributed by atoms with Crippen molar-refractivity contribution in [2.75, 3.05) is 13.2 Å². The van der Waals surface area contributed by atoms with Gasteiger partial charge >= 0.3 is 0 Å². The summed E-state index contributed by atoms with van der Waals surface area (Å²) >= 11 is 6.14. The molecule has 100 valence electrons. The van der Waals surface area contributed by atoms with Crippen molar-refractivity contribution in [3.8, 4) is 5.75 Å². The zero-order valence-corrected chi connectivity index (χ0v) is 12.0. The topological polar surface area (TPSA) is 21.3 Å². The van der Waals surface area contributed by atoms with Crippen LogP contribution in [-0.4, -0.2) is 19.2 Å². The van der Waals surface area contributed by atoms with E-state index in [1.165, 1.54) is 24.0 Å². The number of benzene rings is 1. The highest BCUT2D eigenvalue weighted by molar-refractivity contribution is 6.30. The predicted octanol–water partition coefficient (Wildman–Crippen LogP) is 3.60. The van der Waals surface area contributed by atoms with Gasteiger partial charge in [0.2, 0.25) is 0 Å². The molecule has 0 fully saturated rings. The van der Waals surface area contributed by atoms with E-state index in [-0.39, 0.29) is 0 Å². The smallest absolute Gasteiger partial charge is 0.125 e. The number of hydrogen-bond acceptors (Lipinski definition) is 2. The first kappa shape index (κ1) is 13.7. The van der Waals surface area contributed by atoms with Gasteiger partial charge in [-0.3, -0.25) is 0 Å². The number of fused-ring (bicyclic) bond motifs is 1. The summed E-state index contributed by atoms with van der Waals surface area (Å²) in [5, 5.41) is 4.28. The molecule has 1 heterocycles. The van der Waals surface area contributed by atoms with Crippen LogP contribution in [0, 0.1) is 0 Å². The number of halogens is 1. The van der Waals surface area contributed by atoms with Crippen LogP contribution in [0.3, 0.4) is 0 Å². The van der Waals surface area contributed by atoms with Crippen molar-refractivity contribution in [2.24, 2.45) is 0 Å². The summed E-state index contributed by atoms with van der Waals surface area (Å²) in [6.45, 7) is 6.24. The van der Waals surface area contributed by atoms with Gasteiger partial charge in [0.05, 0.1) is 6.61 Å². The molecule has 3 heteroatoms. The molecule has 2 rings (SSSR count). The fourth-order valence-corrected chi connectivity index (χ4v) is 2.63. The molecule has 0 saturated carbocycles. The third-order valence-electron chi connectivity index (χ3n) is 3.25. The Kier molecular flexibility index (Phi) is 4.90. The lowest BCUT2D eigenvalue weighted by molar-refractivity contribution is 0.353. The number of unbranched alkanes of at least 4 members (excludes halogenated alkanes) is 1. The van der Waals surface area contributed by atoms with Crippen LogP contribution in [0.15, 0.2) is 12.1 Å². The molecule has 0 atom stereocenters. The van der Waals surface area contributed by atoms with Crippen molar-refractivity contribution in [3.05, 3.63) is 28.3 Å². The molecule has 1 aromatic carbocycles. The monoisotopic (exact) mass is 267 g/mol. The zero-order valence-electron chi connectivity index (χ0n) is 11.3. The molecular weight excluding hydrogens is 246 g/mol. The van der Waals surface area contributed by atoms with Gasteiger partial charge in [-0.05, 0) is 49.1 Å². The van der Waals surface area contributed by atoms with Crippen molar-refractivity contribution >= 4 is 11.6 Å². The van der Waals surface area contributed by atoms with Gasteiger partial charge in [0, 0.05) is 17.5 Å². The average molecular weight is 268 g/mol. The molecular formula is C15H22ClNO. The van der Waals surface area contributed by atoms with Crippen LogP contribution in [0.2, 0.25) is 5.02 Å². The van der Waals surface area contributed by atoms with Gasteiger partial charge in [-0.15, -0.1) is 0 Å². The van der Waals surface area contributed by atoms with E-state index in [4.69, 9.17) is 16.3 Å². The normalized spacial score (nSPS) is 13.8. The summed E-state index contributed by atoms with van der Waals surface area (Å²) in [5.41, 5.74) is 2.55. The van der Waals surface area contributed by atoms with E-state index in [1.807, 2.05) is 6.07 Å². The summed E-state index contributed by atoms with van der Waals surface area (Å²) in [7, 11) is 0. The second-order valence-corrected chi connectivity index (χ2v) is 5.65. The lowest BCUT2D eigenvalue weighted by atomic mass is 10.0. The van der Waals surface area contributed by atoms with Gasteiger partial charge < -0.3 is 10.1 Å². The highest BCUT2D eigenvalue weighted by atomic mass is 35.5. The molecule has 2 nitrogen and oxygen atoms in total. The Morgan fingerprint density at radius 1 is 1.33 bits per heavy atom. The van der Waals surface area contributed by atoms with E-state index in [1.54, 1.807) is 0 Å². The molecule has 0 unspecified atom stereocenters. The molecule has 0 spiro atoms. The summed E-state index contributed by atoms with van der Waals surface area (Å²) in [6.07, 6.45) is 4.43. The number of aryl methyl sites for hydroxylation is 1. The van der Waals surface area contributed by atoms with Gasteiger partial charge in [-0.25, -0.2) is 0 Å². The van der Waals surface area contributed by atoms with Gasteiger partial charge in [0.25, 0.3) is 0 Å². The largest absolute Gasteiger partial charge is 0.493 e. The molecule has 0 aliphatic carbocycles. The Hall–Kier alpha value is -0.730. The first-order chi connectivity index (χ1) is 8.66. The van der Waals surface area contributed by atoms with Crippen molar-refractivity contribution in [1.29, 1.82) is 0 Å². The second kappa shape index (κ2) is 6.44.